The topological polar surface area (TPSA) is 83.6 Å². The predicted octanol–water partition coefficient (Wildman–Crippen LogP) is 2.63. The maximum absolute atomic E-state index is 13.3. The Morgan fingerprint density at radius 2 is 1.38 bits per heavy atom. The van der Waals surface area contributed by atoms with Crippen LogP contribution in [0.3, 0.4) is 0 Å². The van der Waals surface area contributed by atoms with Crippen molar-refractivity contribution in [3.8, 4) is 0 Å². The first-order valence-electron chi connectivity index (χ1n) is 7.37. The van der Waals surface area contributed by atoms with Gasteiger partial charge in [-0.25, -0.2) is 29.9 Å². The minimum absolute atomic E-state index is 0.00935. The number of rotatable bonds is 5. The first-order chi connectivity index (χ1) is 11.8. The van der Waals surface area contributed by atoms with Crippen LogP contribution in [0.4, 0.5) is 14.5 Å². The number of anilines is 1. The third-order valence-electron chi connectivity index (χ3n) is 3.81. The summed E-state index contributed by atoms with van der Waals surface area (Å²) in [5.41, 5.74) is 1.04. The Morgan fingerprint density at radius 3 is 1.88 bits per heavy atom. The van der Waals surface area contributed by atoms with Gasteiger partial charge in [-0.05, 0) is 49.2 Å². The number of sulfonamides is 2. The van der Waals surface area contributed by atoms with E-state index in [1.807, 2.05) is 0 Å². The molecule has 2 aromatic rings. The van der Waals surface area contributed by atoms with Gasteiger partial charge in [0.15, 0.2) is 0 Å². The SMILES string of the molecule is Cc1cc(S(=O)(=O)N(C)C)cc(NS(=O)(=O)c2cc(F)cc(F)c2)c1C. The maximum Gasteiger partial charge on any atom is 0.262 e. The number of nitrogens with one attached hydrogen (secondary N) is 1. The largest absolute Gasteiger partial charge is 0.279 e. The van der Waals surface area contributed by atoms with Crippen molar-refractivity contribution in [2.24, 2.45) is 0 Å². The van der Waals surface area contributed by atoms with Gasteiger partial charge in [0.25, 0.3) is 10.0 Å². The lowest BCUT2D eigenvalue weighted by Gasteiger charge is -2.17. The minimum atomic E-state index is -4.32. The summed E-state index contributed by atoms with van der Waals surface area (Å²) in [4.78, 5) is -0.707. The molecule has 0 heterocycles. The van der Waals surface area contributed by atoms with Crippen LogP contribution in [0.15, 0.2) is 40.1 Å². The first-order valence-corrected chi connectivity index (χ1v) is 10.3. The molecule has 0 radical (unpaired) electrons. The summed E-state index contributed by atoms with van der Waals surface area (Å²) in [7, 11) is -5.41. The van der Waals surface area contributed by atoms with Crippen molar-refractivity contribution < 1.29 is 25.6 Å². The summed E-state index contributed by atoms with van der Waals surface area (Å²) in [6, 6.07) is 4.50. The highest BCUT2D eigenvalue weighted by Crippen LogP contribution is 2.28. The van der Waals surface area contributed by atoms with E-state index in [9.17, 15) is 25.6 Å². The van der Waals surface area contributed by atoms with Crippen molar-refractivity contribution in [2.45, 2.75) is 23.6 Å². The highest BCUT2D eigenvalue weighted by Gasteiger charge is 2.22. The van der Waals surface area contributed by atoms with Gasteiger partial charge in [-0.1, -0.05) is 0 Å². The zero-order valence-electron chi connectivity index (χ0n) is 14.5. The number of halogens is 2. The number of benzene rings is 2. The van der Waals surface area contributed by atoms with E-state index in [4.69, 9.17) is 0 Å². The van der Waals surface area contributed by atoms with Crippen LogP contribution in [-0.4, -0.2) is 35.2 Å². The molecule has 0 saturated heterocycles. The van der Waals surface area contributed by atoms with Gasteiger partial charge in [-0.15, -0.1) is 0 Å². The van der Waals surface area contributed by atoms with Gasteiger partial charge in [-0.2, -0.15) is 0 Å². The smallest absolute Gasteiger partial charge is 0.262 e. The fourth-order valence-electron chi connectivity index (χ4n) is 2.18. The van der Waals surface area contributed by atoms with Crippen LogP contribution in [0.2, 0.25) is 0 Å². The number of hydrogen-bond donors (Lipinski definition) is 1. The summed E-state index contributed by atoms with van der Waals surface area (Å²) in [6.45, 7) is 3.23. The van der Waals surface area contributed by atoms with Crippen LogP contribution < -0.4 is 4.72 Å². The molecule has 0 saturated carbocycles. The van der Waals surface area contributed by atoms with Crippen molar-refractivity contribution in [2.75, 3.05) is 18.8 Å². The Bertz CT molecular complexity index is 1050. The molecule has 0 aliphatic heterocycles. The summed E-state index contributed by atoms with van der Waals surface area (Å²) in [6.07, 6.45) is 0. The molecular formula is C16H18F2N2O4S2. The summed E-state index contributed by atoms with van der Waals surface area (Å²) in [5, 5.41) is 0. The second-order valence-corrected chi connectivity index (χ2v) is 9.75. The van der Waals surface area contributed by atoms with Gasteiger partial charge in [0, 0.05) is 20.2 Å². The van der Waals surface area contributed by atoms with Gasteiger partial charge in [0.2, 0.25) is 10.0 Å². The van der Waals surface area contributed by atoms with Crippen molar-refractivity contribution in [3.05, 3.63) is 53.1 Å². The fourth-order valence-corrected chi connectivity index (χ4v) is 4.35. The molecule has 0 unspecified atom stereocenters. The average molecular weight is 404 g/mol. The second kappa shape index (κ2) is 6.93. The van der Waals surface area contributed by atoms with Crippen LogP contribution in [0.5, 0.6) is 0 Å². The Morgan fingerprint density at radius 1 is 0.846 bits per heavy atom. The van der Waals surface area contributed by atoms with Crippen molar-refractivity contribution in [1.29, 1.82) is 0 Å². The first kappa shape index (κ1) is 20.3. The minimum Gasteiger partial charge on any atom is -0.279 e. The molecule has 2 aromatic carbocycles. The molecule has 0 amide bonds. The van der Waals surface area contributed by atoms with E-state index in [1.165, 1.54) is 26.2 Å². The second-order valence-electron chi connectivity index (χ2n) is 5.91. The summed E-state index contributed by atoms with van der Waals surface area (Å²) >= 11 is 0. The Hall–Kier alpha value is -2.04. The Labute approximate surface area is 151 Å². The molecule has 1 N–H and O–H groups in total. The molecule has 0 aromatic heterocycles. The van der Waals surface area contributed by atoms with Crippen LogP contribution in [0.1, 0.15) is 11.1 Å². The Balaban J connectivity index is 2.57. The van der Waals surface area contributed by atoms with Gasteiger partial charge < -0.3 is 0 Å². The summed E-state index contributed by atoms with van der Waals surface area (Å²) < 4.78 is 79.4. The lowest BCUT2D eigenvalue weighted by Crippen LogP contribution is -2.23. The highest BCUT2D eigenvalue weighted by molar-refractivity contribution is 7.92. The van der Waals surface area contributed by atoms with Gasteiger partial charge in [-0.3, -0.25) is 4.72 Å². The van der Waals surface area contributed by atoms with Crippen molar-refractivity contribution in [1.82, 2.24) is 4.31 Å². The average Bonchev–Trinajstić information content (AvgIpc) is 2.50. The standard InChI is InChI=1S/C16H18F2N2O4S2/c1-10-5-15(26(23,24)20(3)4)9-16(11(10)2)19-25(21,22)14-7-12(17)6-13(18)8-14/h5-9,19H,1-4H3. The van der Waals surface area contributed by atoms with Gasteiger partial charge in [0.05, 0.1) is 15.5 Å². The van der Waals surface area contributed by atoms with E-state index in [0.717, 1.165) is 4.31 Å². The van der Waals surface area contributed by atoms with E-state index in [1.54, 1.807) is 13.8 Å². The van der Waals surface area contributed by atoms with E-state index < -0.39 is 36.6 Å². The number of aryl methyl sites for hydroxylation is 1. The zero-order chi connectivity index (χ0) is 19.9. The predicted molar refractivity (Wildman–Crippen MR) is 94.0 cm³/mol. The third-order valence-corrected chi connectivity index (χ3v) is 6.95. The molecule has 142 valence electrons. The molecule has 10 heteroatoms. The van der Waals surface area contributed by atoms with Crippen molar-refractivity contribution >= 4 is 25.7 Å². The lowest BCUT2D eigenvalue weighted by atomic mass is 10.1. The maximum atomic E-state index is 13.3. The lowest BCUT2D eigenvalue weighted by molar-refractivity contribution is 0.520. The third kappa shape index (κ3) is 4.02. The molecular weight excluding hydrogens is 386 g/mol. The molecule has 6 nitrogen and oxygen atoms in total. The molecule has 0 aliphatic carbocycles. The van der Waals surface area contributed by atoms with E-state index in [0.29, 0.717) is 29.3 Å². The number of nitrogens with zero attached hydrogens (tertiary/aromatic N) is 1. The van der Waals surface area contributed by atoms with Crippen molar-refractivity contribution in [3.63, 3.8) is 0 Å². The zero-order valence-corrected chi connectivity index (χ0v) is 16.2. The normalized spacial score (nSPS) is 12.4. The molecule has 2 rings (SSSR count). The molecule has 0 bridgehead atoms. The van der Waals surface area contributed by atoms with Crippen LogP contribution in [0, 0.1) is 25.5 Å². The molecule has 0 atom stereocenters. The quantitative estimate of drug-likeness (QED) is 0.830. The highest BCUT2D eigenvalue weighted by atomic mass is 32.2. The Kier molecular flexibility index (Phi) is 5.41. The monoisotopic (exact) mass is 404 g/mol. The molecule has 0 aliphatic rings. The molecule has 26 heavy (non-hydrogen) atoms. The van der Waals surface area contributed by atoms with Crippen LogP contribution >= 0.6 is 0 Å². The van der Waals surface area contributed by atoms with Gasteiger partial charge >= 0.3 is 0 Å². The van der Waals surface area contributed by atoms with Crippen LogP contribution in [-0.2, 0) is 20.0 Å². The fraction of sp³-hybridized carbons (Fsp3) is 0.250. The molecule has 0 spiro atoms. The van der Waals surface area contributed by atoms with E-state index in [-0.39, 0.29) is 10.6 Å². The van der Waals surface area contributed by atoms with Gasteiger partial charge in [0.1, 0.15) is 11.6 Å². The molecule has 0 fully saturated rings. The van der Waals surface area contributed by atoms with E-state index in [2.05, 4.69) is 4.72 Å². The van der Waals surface area contributed by atoms with E-state index >= 15 is 0 Å². The summed E-state index contributed by atoms with van der Waals surface area (Å²) in [5.74, 6) is -2.08. The van der Waals surface area contributed by atoms with Crippen LogP contribution in [0.25, 0.3) is 0 Å². The number of hydrogen-bond acceptors (Lipinski definition) is 4.